The van der Waals surface area contributed by atoms with E-state index in [4.69, 9.17) is 9.47 Å². The van der Waals surface area contributed by atoms with Gasteiger partial charge in [-0.3, -0.25) is 13.8 Å². The third-order valence-corrected chi connectivity index (χ3v) is 6.18. The molecule has 8 nitrogen and oxygen atoms in total. The summed E-state index contributed by atoms with van der Waals surface area (Å²) in [6.45, 7) is 8.92. The molecular weight excluding hydrogens is 463 g/mol. The summed E-state index contributed by atoms with van der Waals surface area (Å²) >= 11 is 0. The van der Waals surface area contributed by atoms with Crippen LogP contribution in [0.25, 0.3) is 5.69 Å². The molecule has 3 heterocycles. The standard InChI is InChI=1S/C24H30F3N5O3/c1-5-30-13-19(11-28-30)14-31-17(3)18(4)32(23(31)33)21-8-20(29-6-7-34-16(2)12-29)9-22(10-21)35-15-24(25,26)27/h8-11,13,16H,5-7,12,14-15H2,1-4H3/t16-/m1/s1. The lowest BCUT2D eigenvalue weighted by molar-refractivity contribution is -0.153. The Bertz CT molecular complexity index is 1240. The molecule has 0 aliphatic carbocycles. The number of ether oxygens (including phenoxy) is 2. The molecule has 190 valence electrons. The van der Waals surface area contributed by atoms with Gasteiger partial charge in [-0.05, 0) is 33.8 Å². The van der Waals surface area contributed by atoms with Crippen molar-refractivity contribution in [3.8, 4) is 11.4 Å². The van der Waals surface area contributed by atoms with E-state index in [2.05, 4.69) is 5.10 Å². The Hall–Kier alpha value is -3.21. The normalized spacial score (nSPS) is 16.7. The van der Waals surface area contributed by atoms with Gasteiger partial charge in [0.05, 0.1) is 31.1 Å². The van der Waals surface area contributed by atoms with Crippen molar-refractivity contribution in [1.29, 1.82) is 0 Å². The van der Waals surface area contributed by atoms with Gasteiger partial charge < -0.3 is 14.4 Å². The Kier molecular flexibility index (Phi) is 6.98. The van der Waals surface area contributed by atoms with Crippen LogP contribution in [0, 0.1) is 13.8 Å². The number of anilines is 1. The van der Waals surface area contributed by atoms with Crippen LogP contribution in [-0.2, 0) is 17.8 Å². The molecule has 1 aliphatic heterocycles. The van der Waals surface area contributed by atoms with Crippen LogP contribution in [0.4, 0.5) is 18.9 Å². The fraction of sp³-hybridized carbons (Fsp3) is 0.500. The van der Waals surface area contributed by atoms with Gasteiger partial charge in [-0.2, -0.15) is 18.3 Å². The van der Waals surface area contributed by atoms with Gasteiger partial charge in [0.15, 0.2) is 6.61 Å². The first-order valence-corrected chi connectivity index (χ1v) is 11.6. The molecule has 0 unspecified atom stereocenters. The SMILES string of the molecule is CCn1cc(Cn2c(C)c(C)n(-c3cc(OCC(F)(F)F)cc(N4CCO[C@H](C)C4)c3)c2=O)cn1. The first-order valence-electron chi connectivity index (χ1n) is 11.6. The molecule has 0 radical (unpaired) electrons. The maximum atomic E-state index is 13.5. The number of hydrogen-bond acceptors (Lipinski definition) is 5. The summed E-state index contributed by atoms with van der Waals surface area (Å²) in [5, 5.41) is 4.27. The molecule has 0 saturated carbocycles. The van der Waals surface area contributed by atoms with E-state index in [9.17, 15) is 18.0 Å². The van der Waals surface area contributed by atoms with Crippen molar-refractivity contribution in [2.75, 3.05) is 31.2 Å². The predicted octanol–water partition coefficient (Wildman–Crippen LogP) is 3.69. The summed E-state index contributed by atoms with van der Waals surface area (Å²) in [4.78, 5) is 15.5. The third-order valence-electron chi connectivity index (χ3n) is 6.18. The molecule has 1 saturated heterocycles. The lowest BCUT2D eigenvalue weighted by Crippen LogP contribution is -2.41. The van der Waals surface area contributed by atoms with Gasteiger partial charge in [0.1, 0.15) is 5.75 Å². The van der Waals surface area contributed by atoms with Gasteiger partial charge in [-0.25, -0.2) is 4.79 Å². The molecule has 0 spiro atoms. The van der Waals surface area contributed by atoms with Crippen LogP contribution in [0.15, 0.2) is 35.4 Å². The van der Waals surface area contributed by atoms with Gasteiger partial charge in [-0.15, -0.1) is 0 Å². The average molecular weight is 494 g/mol. The molecule has 2 aromatic heterocycles. The monoisotopic (exact) mass is 493 g/mol. The smallest absolute Gasteiger partial charge is 0.422 e. The minimum absolute atomic E-state index is 0.0243. The lowest BCUT2D eigenvalue weighted by Gasteiger charge is -2.33. The zero-order valence-corrected chi connectivity index (χ0v) is 20.3. The maximum absolute atomic E-state index is 13.5. The number of aromatic nitrogens is 4. The van der Waals surface area contributed by atoms with Gasteiger partial charge in [0, 0.05) is 60.6 Å². The zero-order valence-electron chi connectivity index (χ0n) is 20.3. The summed E-state index contributed by atoms with van der Waals surface area (Å²) in [7, 11) is 0. The zero-order chi connectivity index (χ0) is 25.3. The van der Waals surface area contributed by atoms with Crippen LogP contribution < -0.4 is 15.3 Å². The first-order chi connectivity index (χ1) is 16.6. The van der Waals surface area contributed by atoms with Crippen LogP contribution in [-0.4, -0.2) is 57.5 Å². The average Bonchev–Trinajstić information content (AvgIpc) is 3.35. The molecule has 4 rings (SSSR count). The van der Waals surface area contributed by atoms with E-state index >= 15 is 0 Å². The molecule has 1 atom stereocenters. The number of rotatable bonds is 7. The molecule has 0 bridgehead atoms. The number of hydrogen-bond donors (Lipinski definition) is 0. The molecule has 1 fully saturated rings. The molecule has 35 heavy (non-hydrogen) atoms. The van der Waals surface area contributed by atoms with Gasteiger partial charge in [-0.1, -0.05) is 0 Å². The van der Waals surface area contributed by atoms with Crippen molar-refractivity contribution < 1.29 is 22.6 Å². The summed E-state index contributed by atoms with van der Waals surface area (Å²) in [5.41, 5.74) is 3.20. The minimum atomic E-state index is -4.47. The summed E-state index contributed by atoms with van der Waals surface area (Å²) < 4.78 is 54.3. The van der Waals surface area contributed by atoms with Crippen LogP contribution in [0.3, 0.4) is 0 Å². The van der Waals surface area contributed by atoms with Crippen LogP contribution in [0.5, 0.6) is 5.75 Å². The second kappa shape index (κ2) is 9.80. The number of aryl methyl sites for hydroxylation is 1. The summed E-state index contributed by atoms with van der Waals surface area (Å²) in [6, 6.07) is 4.87. The topological polar surface area (TPSA) is 66.4 Å². The second-order valence-electron chi connectivity index (χ2n) is 8.80. The van der Waals surface area contributed by atoms with E-state index in [1.165, 1.54) is 10.6 Å². The molecule has 1 aliphatic rings. The minimum Gasteiger partial charge on any atom is -0.484 e. The molecule has 1 aromatic carbocycles. The fourth-order valence-electron chi connectivity index (χ4n) is 4.28. The molecule has 0 amide bonds. The van der Waals surface area contributed by atoms with E-state index in [0.29, 0.717) is 43.3 Å². The van der Waals surface area contributed by atoms with Crippen LogP contribution in [0.2, 0.25) is 0 Å². The van der Waals surface area contributed by atoms with Crippen LogP contribution >= 0.6 is 0 Å². The van der Waals surface area contributed by atoms with Gasteiger partial charge >= 0.3 is 11.9 Å². The molecule has 3 aromatic rings. The van der Waals surface area contributed by atoms with Crippen LogP contribution in [0.1, 0.15) is 30.8 Å². The van der Waals surface area contributed by atoms with E-state index in [1.54, 1.807) is 21.5 Å². The largest absolute Gasteiger partial charge is 0.484 e. The number of halogens is 3. The Labute approximate surface area is 201 Å². The number of nitrogens with zero attached hydrogens (tertiary/aromatic N) is 5. The highest BCUT2D eigenvalue weighted by atomic mass is 19.4. The first kappa shape index (κ1) is 24.9. The quantitative estimate of drug-likeness (QED) is 0.502. The number of imidazole rings is 1. The highest BCUT2D eigenvalue weighted by molar-refractivity contribution is 5.59. The fourth-order valence-corrected chi connectivity index (χ4v) is 4.28. The maximum Gasteiger partial charge on any atom is 0.422 e. The highest BCUT2D eigenvalue weighted by Gasteiger charge is 2.29. The van der Waals surface area contributed by atoms with Crippen molar-refractivity contribution in [3.63, 3.8) is 0 Å². The Morgan fingerprint density at radius 1 is 1.17 bits per heavy atom. The Morgan fingerprint density at radius 3 is 2.57 bits per heavy atom. The Balaban J connectivity index is 1.75. The lowest BCUT2D eigenvalue weighted by atomic mass is 10.2. The van der Waals surface area contributed by atoms with Crippen molar-refractivity contribution >= 4 is 5.69 Å². The number of alkyl halides is 3. The van der Waals surface area contributed by atoms with Crippen molar-refractivity contribution in [1.82, 2.24) is 18.9 Å². The highest BCUT2D eigenvalue weighted by Crippen LogP contribution is 2.30. The van der Waals surface area contributed by atoms with E-state index in [-0.39, 0.29) is 17.5 Å². The molecule has 11 heteroatoms. The summed E-state index contributed by atoms with van der Waals surface area (Å²) in [6.07, 6.45) is -0.879. The number of morpholine rings is 1. The van der Waals surface area contributed by atoms with Gasteiger partial charge in [0.25, 0.3) is 0 Å². The second-order valence-corrected chi connectivity index (χ2v) is 8.80. The van der Waals surface area contributed by atoms with E-state index in [0.717, 1.165) is 17.8 Å². The van der Waals surface area contributed by atoms with Gasteiger partial charge in [0.2, 0.25) is 0 Å². The van der Waals surface area contributed by atoms with E-state index in [1.807, 2.05) is 44.9 Å². The Morgan fingerprint density at radius 2 is 1.91 bits per heavy atom. The van der Waals surface area contributed by atoms with Crippen molar-refractivity contribution in [2.45, 2.75) is 53.1 Å². The number of benzene rings is 1. The molecular formula is C24H30F3N5O3. The van der Waals surface area contributed by atoms with Crippen molar-refractivity contribution in [2.24, 2.45) is 0 Å². The summed E-state index contributed by atoms with van der Waals surface area (Å²) in [5.74, 6) is 0.0508. The predicted molar refractivity (Wildman–Crippen MR) is 126 cm³/mol. The third kappa shape index (κ3) is 5.55. The van der Waals surface area contributed by atoms with E-state index < -0.39 is 12.8 Å². The van der Waals surface area contributed by atoms with Crippen molar-refractivity contribution in [3.05, 3.63) is 58.0 Å². The molecule has 0 N–H and O–H groups in total.